The lowest BCUT2D eigenvalue weighted by Gasteiger charge is -2.27. The van der Waals surface area contributed by atoms with E-state index in [1.54, 1.807) is 0 Å². The zero-order chi connectivity index (χ0) is 60.7. The van der Waals surface area contributed by atoms with Gasteiger partial charge < -0.3 is 19.4 Å². The van der Waals surface area contributed by atoms with Crippen LogP contribution in [0.15, 0.2) is 134 Å². The fraction of sp³-hybridized carbons (Fsp3) is 0.671. The van der Waals surface area contributed by atoms with E-state index in [0.29, 0.717) is 17.4 Å². The third-order valence-corrected chi connectivity index (χ3v) is 15.1. The van der Waals surface area contributed by atoms with Gasteiger partial charge in [0.2, 0.25) is 5.91 Å². The van der Waals surface area contributed by atoms with Crippen molar-refractivity contribution >= 4 is 19.7 Å². The van der Waals surface area contributed by atoms with E-state index in [4.69, 9.17) is 13.8 Å². The van der Waals surface area contributed by atoms with Gasteiger partial charge in [0.05, 0.1) is 33.8 Å². The monoisotopic (exact) mass is 1170 g/mol. The molecule has 0 saturated carbocycles. The van der Waals surface area contributed by atoms with Gasteiger partial charge in [0, 0.05) is 12.8 Å². The van der Waals surface area contributed by atoms with E-state index in [2.05, 4.69) is 148 Å². The number of hydrogen-bond acceptors (Lipinski definition) is 6. The zero-order valence-corrected chi connectivity index (χ0v) is 55.0. The van der Waals surface area contributed by atoms with Crippen molar-refractivity contribution in [2.45, 2.75) is 277 Å². The molecule has 2 N–H and O–H groups in total. The summed E-state index contributed by atoms with van der Waals surface area (Å²) in [5.41, 5.74) is 0. The maximum atomic E-state index is 13.6. The summed E-state index contributed by atoms with van der Waals surface area (Å²) in [7, 11) is 1.44. The Bertz CT molecular complexity index is 1880. The normalized spacial score (nSPS) is 14.4. The molecule has 0 aromatic rings. The molecule has 3 atom stereocenters. The Kier molecular flexibility index (Phi) is 58.4. The van der Waals surface area contributed by atoms with Crippen LogP contribution in [0.2, 0.25) is 0 Å². The van der Waals surface area contributed by atoms with Crippen LogP contribution in [0.4, 0.5) is 0 Å². The molecule has 0 radical (unpaired) electrons. The van der Waals surface area contributed by atoms with Crippen LogP contribution >= 0.6 is 7.82 Å². The number of carbonyl (C=O) groups excluding carboxylic acids is 2. The van der Waals surface area contributed by atoms with E-state index < -0.39 is 20.0 Å². The number of hydrogen-bond donors (Lipinski definition) is 2. The summed E-state index contributed by atoms with van der Waals surface area (Å²) in [5, 5.41) is 3.02. The number of nitrogens with one attached hydrogen (secondary N) is 1. The number of allylic oxidation sites excluding steroid dienone is 21. The smallest absolute Gasteiger partial charge is 0.456 e. The van der Waals surface area contributed by atoms with Gasteiger partial charge in [-0.2, -0.15) is 0 Å². The minimum absolute atomic E-state index is 0.0227. The molecule has 0 rings (SSSR count). The largest absolute Gasteiger partial charge is 0.472 e. The summed E-state index contributed by atoms with van der Waals surface area (Å²) in [6.45, 7) is 6.73. The van der Waals surface area contributed by atoms with Gasteiger partial charge in [0.15, 0.2) is 0 Å². The molecule has 0 aromatic carbocycles. The average molecular weight is 1170 g/mol. The first-order valence-electron chi connectivity index (χ1n) is 33.5. The van der Waals surface area contributed by atoms with E-state index in [1.807, 2.05) is 33.3 Å². The van der Waals surface area contributed by atoms with Crippen molar-refractivity contribution in [3.05, 3.63) is 134 Å². The first kappa shape index (κ1) is 79.2. The molecule has 0 spiro atoms. The minimum Gasteiger partial charge on any atom is -0.456 e. The number of ether oxygens (including phenoxy) is 1. The van der Waals surface area contributed by atoms with Crippen molar-refractivity contribution in [1.82, 2.24) is 5.32 Å². The summed E-state index contributed by atoms with van der Waals surface area (Å²) in [6.07, 6.45) is 87.5. The van der Waals surface area contributed by atoms with Crippen LogP contribution in [-0.4, -0.2) is 74.3 Å². The topological polar surface area (TPSA) is 111 Å². The van der Waals surface area contributed by atoms with Crippen molar-refractivity contribution in [3.8, 4) is 0 Å². The molecule has 83 heavy (non-hydrogen) atoms. The average Bonchev–Trinajstić information content (AvgIpc) is 3.47. The fourth-order valence-electron chi connectivity index (χ4n) is 9.00. The second-order valence-corrected chi connectivity index (χ2v) is 24.7. The van der Waals surface area contributed by atoms with Crippen molar-refractivity contribution in [1.29, 1.82) is 0 Å². The van der Waals surface area contributed by atoms with E-state index in [9.17, 15) is 19.0 Å². The lowest BCUT2D eigenvalue weighted by Crippen LogP contribution is -2.47. The molecule has 0 aliphatic carbocycles. The lowest BCUT2D eigenvalue weighted by atomic mass is 10.0. The molecule has 0 fully saturated rings. The number of nitrogens with zero attached hydrogens (tertiary/aromatic N) is 1. The second-order valence-electron chi connectivity index (χ2n) is 23.2. The van der Waals surface area contributed by atoms with Crippen molar-refractivity contribution in [2.24, 2.45) is 0 Å². The first-order chi connectivity index (χ1) is 40.4. The van der Waals surface area contributed by atoms with Crippen molar-refractivity contribution in [2.75, 3.05) is 40.9 Å². The first-order valence-corrected chi connectivity index (χ1v) is 35.0. The summed E-state index contributed by atoms with van der Waals surface area (Å²) in [5.74, 6) is -0.582. The third-order valence-electron chi connectivity index (χ3n) is 14.1. The van der Waals surface area contributed by atoms with Crippen molar-refractivity contribution in [3.63, 3.8) is 0 Å². The van der Waals surface area contributed by atoms with Crippen LogP contribution in [0, 0.1) is 0 Å². The highest BCUT2D eigenvalue weighted by Gasteiger charge is 2.30. The Morgan fingerprint density at radius 3 is 1.18 bits per heavy atom. The Hall–Kier alpha value is -3.85. The molecule has 9 nitrogen and oxygen atoms in total. The molecule has 0 saturated heterocycles. The van der Waals surface area contributed by atoms with Gasteiger partial charge in [-0.25, -0.2) is 4.57 Å². The molecule has 0 bridgehead atoms. The summed E-state index contributed by atoms with van der Waals surface area (Å²) in [6, 6.07) is -0.889. The Morgan fingerprint density at radius 2 is 0.783 bits per heavy atom. The molecule has 0 aliphatic heterocycles. The van der Waals surface area contributed by atoms with E-state index >= 15 is 0 Å². The predicted octanol–water partition coefficient (Wildman–Crippen LogP) is 21.2. The fourth-order valence-corrected chi connectivity index (χ4v) is 9.74. The number of phosphoric acid groups is 1. The van der Waals surface area contributed by atoms with E-state index in [0.717, 1.165) is 122 Å². The SMILES string of the molecule is CC/C=C\C/C=C\C/C=C\C/C=C\C/C=C\CCCCCCCCCCCCCC(=O)OC(/C=C\CCCCCCCCCCCCC)C(COP(=O)(O)OCC[N+](C)(C)C)NC(=O)CCC/C=C\C/C=C\C/C=C\C/C=C\C/C=C\CC. The molecule has 474 valence electrons. The minimum atomic E-state index is -4.48. The van der Waals surface area contributed by atoms with Gasteiger partial charge in [0.1, 0.15) is 19.3 Å². The Morgan fingerprint density at radius 1 is 0.434 bits per heavy atom. The molecule has 0 aliphatic rings. The summed E-state index contributed by atoms with van der Waals surface area (Å²) >= 11 is 0. The molecule has 0 aromatic heterocycles. The highest BCUT2D eigenvalue weighted by Crippen LogP contribution is 2.43. The number of carbonyl (C=O) groups is 2. The molecular formula is C73H126N2O7P+. The van der Waals surface area contributed by atoms with Gasteiger partial charge in [0.25, 0.3) is 0 Å². The zero-order valence-electron chi connectivity index (χ0n) is 54.1. The number of rotatable bonds is 59. The van der Waals surface area contributed by atoms with Crippen LogP contribution in [0.5, 0.6) is 0 Å². The van der Waals surface area contributed by atoms with Crippen LogP contribution in [0.25, 0.3) is 0 Å². The molecule has 10 heteroatoms. The van der Waals surface area contributed by atoms with Gasteiger partial charge in [-0.1, -0.05) is 270 Å². The van der Waals surface area contributed by atoms with Crippen LogP contribution < -0.4 is 5.32 Å². The third kappa shape index (κ3) is 62.5. The van der Waals surface area contributed by atoms with E-state index in [-0.39, 0.29) is 37.9 Å². The van der Waals surface area contributed by atoms with Crippen molar-refractivity contribution < 1.29 is 37.3 Å². The maximum Gasteiger partial charge on any atom is 0.472 e. The Labute approximate surface area is 511 Å². The summed E-state index contributed by atoms with van der Waals surface area (Å²) in [4.78, 5) is 37.8. The highest BCUT2D eigenvalue weighted by atomic mass is 31.2. The number of amides is 1. The standard InChI is InChI=1S/C73H125N2O7P/c1-7-10-13-16-19-22-25-28-30-32-33-34-35-36-37-38-39-40-41-43-45-48-51-54-57-60-63-66-73(77)82-71(64-61-58-55-52-49-46-27-24-21-18-15-12-9-3)70(69-81-83(78,79)80-68-67-75(4,5)6)74-72(76)65-62-59-56-53-50-47-44-42-31-29-26-23-20-17-14-11-8-2/h10-11,13-14,19-20,22-23,28-31,33-34,36-37,44,47,53,56,61,64,70-71H,7-9,12,15-18,21,24-27,32,35,38-43,45-46,48-52,54-55,57-60,62-63,65-69H2,1-6H3,(H-,74,76,78,79)/p+1/b13-10-,14-11-,22-19-,23-20-,30-28-,31-29-,34-33-,37-36-,47-44-,56-53-,64-61-. The quantitative estimate of drug-likeness (QED) is 0.0205. The Balaban J connectivity index is 5.20. The molecular weight excluding hydrogens is 1050 g/mol. The van der Waals surface area contributed by atoms with Crippen LogP contribution in [0.3, 0.4) is 0 Å². The molecule has 1 amide bonds. The summed E-state index contributed by atoms with van der Waals surface area (Å²) < 4.78 is 30.7. The van der Waals surface area contributed by atoms with Gasteiger partial charge >= 0.3 is 13.8 Å². The molecule has 0 heterocycles. The highest BCUT2D eigenvalue weighted by molar-refractivity contribution is 7.47. The number of likely N-dealkylation sites (N-methyl/N-ethyl adjacent to an activating group) is 1. The van der Waals surface area contributed by atoms with Crippen LogP contribution in [-0.2, 0) is 27.9 Å². The number of phosphoric ester groups is 1. The van der Waals surface area contributed by atoms with Gasteiger partial charge in [-0.3, -0.25) is 18.6 Å². The van der Waals surface area contributed by atoms with Gasteiger partial charge in [-0.15, -0.1) is 0 Å². The molecule has 3 unspecified atom stereocenters. The van der Waals surface area contributed by atoms with E-state index in [1.165, 1.54) is 103 Å². The number of quaternary nitrogens is 1. The second kappa shape index (κ2) is 61.2. The lowest BCUT2D eigenvalue weighted by molar-refractivity contribution is -0.870. The van der Waals surface area contributed by atoms with Gasteiger partial charge in [-0.05, 0) is 115 Å². The maximum absolute atomic E-state index is 13.6. The van der Waals surface area contributed by atoms with Crippen LogP contribution in [0.1, 0.15) is 265 Å². The predicted molar refractivity (Wildman–Crippen MR) is 359 cm³/mol. The number of esters is 1. The number of unbranched alkanes of at least 4 members (excludes halogenated alkanes) is 23.